The molecule has 3 nitrogen and oxygen atoms in total. The number of amides is 1. The van der Waals surface area contributed by atoms with Crippen molar-refractivity contribution in [3.05, 3.63) is 35.4 Å². The van der Waals surface area contributed by atoms with Crippen LogP contribution < -0.4 is 5.32 Å². The largest absolute Gasteiger partial charge is 0.319 e. The molecule has 0 spiro atoms. The lowest BCUT2D eigenvalue weighted by molar-refractivity contribution is -0.130. The summed E-state index contributed by atoms with van der Waals surface area (Å²) in [5, 5.41) is 3.35. The third-order valence-electron chi connectivity index (χ3n) is 4.27. The van der Waals surface area contributed by atoms with Gasteiger partial charge in [0.25, 0.3) is 0 Å². The SMILES string of the molecule is CCC(CC)N1C(=O)CNC1c1ccc(C(C)C)cc1. The molecule has 3 heteroatoms. The summed E-state index contributed by atoms with van der Waals surface area (Å²) in [5.41, 5.74) is 2.53. The summed E-state index contributed by atoms with van der Waals surface area (Å²) in [5.74, 6) is 0.758. The number of nitrogens with one attached hydrogen (secondary N) is 1. The van der Waals surface area contributed by atoms with Crippen LogP contribution >= 0.6 is 0 Å². The van der Waals surface area contributed by atoms with E-state index in [4.69, 9.17) is 0 Å². The fraction of sp³-hybridized carbons (Fsp3) is 0.588. The summed E-state index contributed by atoms with van der Waals surface area (Å²) in [6.07, 6.45) is 2.04. The second-order valence-electron chi connectivity index (χ2n) is 5.88. The highest BCUT2D eigenvalue weighted by atomic mass is 16.2. The number of hydrogen-bond acceptors (Lipinski definition) is 2. The zero-order chi connectivity index (χ0) is 14.7. The van der Waals surface area contributed by atoms with Gasteiger partial charge in [0.15, 0.2) is 0 Å². The Kier molecular flexibility index (Phi) is 4.81. The minimum Gasteiger partial charge on any atom is -0.319 e. The molecule has 0 aliphatic carbocycles. The van der Waals surface area contributed by atoms with Crippen LogP contribution in [0.1, 0.15) is 63.7 Å². The maximum atomic E-state index is 12.2. The first kappa shape index (κ1) is 15.0. The molecule has 1 fully saturated rings. The van der Waals surface area contributed by atoms with Crippen LogP contribution in [0, 0.1) is 0 Å². The molecular formula is C17H26N2O. The Morgan fingerprint density at radius 3 is 2.30 bits per heavy atom. The summed E-state index contributed by atoms with van der Waals surface area (Å²) in [7, 11) is 0. The van der Waals surface area contributed by atoms with Crippen molar-refractivity contribution in [1.29, 1.82) is 0 Å². The predicted molar refractivity (Wildman–Crippen MR) is 82.5 cm³/mol. The first-order valence-corrected chi connectivity index (χ1v) is 7.72. The Balaban J connectivity index is 2.23. The summed E-state index contributed by atoms with van der Waals surface area (Å²) in [6.45, 7) is 9.15. The zero-order valence-electron chi connectivity index (χ0n) is 13.0. The molecule has 1 atom stereocenters. The van der Waals surface area contributed by atoms with Gasteiger partial charge in [-0.25, -0.2) is 0 Å². The molecule has 1 heterocycles. The van der Waals surface area contributed by atoms with Crippen LogP contribution in [0.3, 0.4) is 0 Å². The van der Waals surface area contributed by atoms with Crippen molar-refractivity contribution in [2.24, 2.45) is 0 Å². The normalized spacial score (nSPS) is 19.4. The fourth-order valence-electron chi connectivity index (χ4n) is 2.96. The quantitative estimate of drug-likeness (QED) is 0.892. The third-order valence-corrected chi connectivity index (χ3v) is 4.27. The summed E-state index contributed by atoms with van der Waals surface area (Å²) >= 11 is 0. The van der Waals surface area contributed by atoms with Crippen LogP contribution in [-0.2, 0) is 4.79 Å². The molecule has 1 aliphatic rings. The van der Waals surface area contributed by atoms with Crippen molar-refractivity contribution in [1.82, 2.24) is 10.2 Å². The first-order chi connectivity index (χ1) is 9.58. The van der Waals surface area contributed by atoms with Crippen molar-refractivity contribution in [2.75, 3.05) is 6.54 Å². The average Bonchev–Trinajstić information content (AvgIpc) is 2.83. The van der Waals surface area contributed by atoms with Crippen LogP contribution in [-0.4, -0.2) is 23.4 Å². The summed E-state index contributed by atoms with van der Waals surface area (Å²) in [6, 6.07) is 8.99. The standard InChI is InChI=1S/C17H26N2O/c1-5-15(6-2)19-16(20)11-18-17(19)14-9-7-13(8-10-14)12(3)4/h7-10,12,15,17-18H,5-6,11H2,1-4H3. The van der Waals surface area contributed by atoms with Gasteiger partial charge in [-0.2, -0.15) is 0 Å². The van der Waals surface area contributed by atoms with Crippen LogP contribution in [0.2, 0.25) is 0 Å². The molecule has 1 aromatic rings. The molecule has 1 aliphatic heterocycles. The van der Waals surface area contributed by atoms with Gasteiger partial charge in [0.05, 0.1) is 6.54 Å². The third kappa shape index (κ3) is 2.88. The first-order valence-electron chi connectivity index (χ1n) is 7.72. The van der Waals surface area contributed by atoms with Gasteiger partial charge < -0.3 is 4.90 Å². The van der Waals surface area contributed by atoms with Crippen molar-refractivity contribution in [3.63, 3.8) is 0 Å². The van der Waals surface area contributed by atoms with E-state index in [1.54, 1.807) is 0 Å². The van der Waals surface area contributed by atoms with Gasteiger partial charge >= 0.3 is 0 Å². The molecule has 0 bridgehead atoms. The van der Waals surface area contributed by atoms with Crippen molar-refractivity contribution >= 4 is 5.91 Å². The van der Waals surface area contributed by atoms with E-state index in [0.717, 1.165) is 12.8 Å². The van der Waals surface area contributed by atoms with Gasteiger partial charge in [-0.15, -0.1) is 0 Å². The maximum absolute atomic E-state index is 12.2. The molecule has 2 rings (SSSR count). The predicted octanol–water partition coefficient (Wildman–Crippen LogP) is 3.43. The number of benzene rings is 1. The van der Waals surface area contributed by atoms with Gasteiger partial charge in [-0.3, -0.25) is 10.1 Å². The minimum atomic E-state index is 0.0358. The molecule has 1 amide bonds. The van der Waals surface area contributed by atoms with Gasteiger partial charge in [-0.05, 0) is 29.9 Å². The van der Waals surface area contributed by atoms with Gasteiger partial charge in [0.1, 0.15) is 6.17 Å². The summed E-state index contributed by atoms with van der Waals surface area (Å²) < 4.78 is 0. The smallest absolute Gasteiger partial charge is 0.238 e. The van der Waals surface area contributed by atoms with Gasteiger partial charge in [0, 0.05) is 6.04 Å². The summed E-state index contributed by atoms with van der Waals surface area (Å²) in [4.78, 5) is 14.2. The zero-order valence-corrected chi connectivity index (χ0v) is 13.0. The molecule has 1 N–H and O–H groups in total. The van der Waals surface area contributed by atoms with E-state index in [1.165, 1.54) is 11.1 Å². The number of carbonyl (C=O) groups is 1. The molecule has 0 radical (unpaired) electrons. The Bertz CT molecular complexity index is 449. The Hall–Kier alpha value is -1.35. The van der Waals surface area contributed by atoms with E-state index >= 15 is 0 Å². The number of carbonyl (C=O) groups excluding carboxylic acids is 1. The highest BCUT2D eigenvalue weighted by Gasteiger charge is 2.35. The second kappa shape index (κ2) is 6.40. The van der Waals surface area contributed by atoms with Crippen LogP contribution in [0.15, 0.2) is 24.3 Å². The van der Waals surface area contributed by atoms with Crippen LogP contribution in [0.5, 0.6) is 0 Å². The molecule has 0 aromatic heterocycles. The Morgan fingerprint density at radius 1 is 1.20 bits per heavy atom. The number of rotatable bonds is 5. The van der Waals surface area contributed by atoms with Crippen molar-refractivity contribution < 1.29 is 4.79 Å². The molecule has 110 valence electrons. The fourth-order valence-corrected chi connectivity index (χ4v) is 2.96. The van der Waals surface area contributed by atoms with E-state index in [9.17, 15) is 4.79 Å². The molecule has 0 saturated carbocycles. The molecule has 20 heavy (non-hydrogen) atoms. The number of hydrogen-bond donors (Lipinski definition) is 1. The van der Waals surface area contributed by atoms with E-state index < -0.39 is 0 Å². The highest BCUT2D eigenvalue weighted by molar-refractivity contribution is 5.81. The van der Waals surface area contributed by atoms with Crippen molar-refractivity contribution in [2.45, 2.75) is 58.7 Å². The van der Waals surface area contributed by atoms with E-state index in [1.807, 2.05) is 4.90 Å². The van der Waals surface area contributed by atoms with E-state index in [2.05, 4.69) is 57.3 Å². The minimum absolute atomic E-state index is 0.0358. The second-order valence-corrected chi connectivity index (χ2v) is 5.88. The van der Waals surface area contributed by atoms with Gasteiger partial charge in [-0.1, -0.05) is 52.0 Å². The van der Waals surface area contributed by atoms with Crippen molar-refractivity contribution in [3.8, 4) is 0 Å². The van der Waals surface area contributed by atoms with Crippen LogP contribution in [0.4, 0.5) is 0 Å². The molecule has 1 unspecified atom stereocenters. The lowest BCUT2D eigenvalue weighted by atomic mass is 10.00. The molecule has 1 saturated heterocycles. The number of nitrogens with zero attached hydrogens (tertiary/aromatic N) is 1. The average molecular weight is 274 g/mol. The highest BCUT2D eigenvalue weighted by Crippen LogP contribution is 2.28. The molecular weight excluding hydrogens is 248 g/mol. The Labute approximate surface area is 122 Å². The van der Waals surface area contributed by atoms with Crippen LogP contribution in [0.25, 0.3) is 0 Å². The van der Waals surface area contributed by atoms with E-state index in [-0.39, 0.29) is 12.1 Å². The Morgan fingerprint density at radius 2 is 1.80 bits per heavy atom. The monoisotopic (exact) mass is 274 g/mol. The lowest BCUT2D eigenvalue weighted by Crippen LogP contribution is -2.39. The van der Waals surface area contributed by atoms with Gasteiger partial charge in [0.2, 0.25) is 5.91 Å². The topological polar surface area (TPSA) is 32.3 Å². The maximum Gasteiger partial charge on any atom is 0.238 e. The lowest BCUT2D eigenvalue weighted by Gasteiger charge is -2.32. The van der Waals surface area contributed by atoms with E-state index in [0.29, 0.717) is 18.5 Å². The molecule has 1 aromatic carbocycles.